The summed E-state index contributed by atoms with van der Waals surface area (Å²) < 4.78 is 0. The lowest BCUT2D eigenvalue weighted by Gasteiger charge is -2.19. The molecule has 0 aromatic rings. The summed E-state index contributed by atoms with van der Waals surface area (Å²) in [7, 11) is 0. The van der Waals surface area contributed by atoms with Gasteiger partial charge in [0.05, 0.1) is 0 Å². The Morgan fingerprint density at radius 2 is 2.38 bits per heavy atom. The van der Waals surface area contributed by atoms with E-state index in [0.717, 1.165) is 13.1 Å². The van der Waals surface area contributed by atoms with Crippen LogP contribution in [0.1, 0.15) is 0 Å². The molecule has 2 atom stereocenters. The fraction of sp³-hybridized carbons (Fsp3) is 0.364. The van der Waals surface area contributed by atoms with Crippen molar-refractivity contribution in [2.24, 2.45) is 16.8 Å². The van der Waals surface area contributed by atoms with E-state index in [2.05, 4.69) is 34.6 Å². The Labute approximate surface area is 77.7 Å². The van der Waals surface area contributed by atoms with Gasteiger partial charge < -0.3 is 5.32 Å². The molecule has 2 unspecified atom stereocenters. The van der Waals surface area contributed by atoms with Crippen LogP contribution in [0.4, 0.5) is 0 Å². The van der Waals surface area contributed by atoms with Crippen LogP contribution in [0.5, 0.6) is 0 Å². The van der Waals surface area contributed by atoms with Crippen molar-refractivity contribution in [3.63, 3.8) is 0 Å². The van der Waals surface area contributed by atoms with Crippen molar-refractivity contribution in [2.75, 3.05) is 13.1 Å². The maximum Gasteiger partial charge on any atom is 0.0444 e. The highest BCUT2D eigenvalue weighted by atomic mass is 15.0. The fourth-order valence-electron chi connectivity index (χ4n) is 2.38. The van der Waals surface area contributed by atoms with Crippen LogP contribution in [0, 0.1) is 11.8 Å². The highest BCUT2D eigenvalue weighted by Gasteiger charge is 2.34. The molecule has 1 fully saturated rings. The van der Waals surface area contributed by atoms with Crippen molar-refractivity contribution in [1.82, 2.24) is 5.32 Å². The minimum Gasteiger partial charge on any atom is -0.387 e. The SMILES string of the molecule is C1=CC2=CC=NCC3CNC(=C1)C23. The molecule has 0 aromatic heterocycles. The molecular formula is C11H12N2. The molecule has 2 heterocycles. The van der Waals surface area contributed by atoms with Crippen LogP contribution in [0.2, 0.25) is 0 Å². The molecule has 1 N–H and O–H groups in total. The molecule has 2 nitrogen and oxygen atoms in total. The maximum atomic E-state index is 4.37. The molecule has 0 spiro atoms. The summed E-state index contributed by atoms with van der Waals surface area (Å²) in [4.78, 5) is 4.37. The summed E-state index contributed by atoms with van der Waals surface area (Å²) in [6.07, 6.45) is 10.6. The van der Waals surface area contributed by atoms with E-state index in [9.17, 15) is 0 Å². The minimum atomic E-state index is 0.590. The van der Waals surface area contributed by atoms with Crippen molar-refractivity contribution in [1.29, 1.82) is 0 Å². The van der Waals surface area contributed by atoms with Gasteiger partial charge in [-0.1, -0.05) is 12.2 Å². The van der Waals surface area contributed by atoms with Crippen molar-refractivity contribution in [3.05, 3.63) is 35.6 Å². The molecule has 3 rings (SSSR count). The highest BCUT2D eigenvalue weighted by Crippen LogP contribution is 2.36. The summed E-state index contributed by atoms with van der Waals surface area (Å²) in [5, 5.41) is 3.45. The van der Waals surface area contributed by atoms with E-state index in [0.29, 0.717) is 11.8 Å². The molecule has 0 radical (unpaired) electrons. The van der Waals surface area contributed by atoms with Gasteiger partial charge in [0.2, 0.25) is 0 Å². The zero-order valence-corrected chi connectivity index (χ0v) is 7.40. The second-order valence-electron chi connectivity index (χ2n) is 3.78. The van der Waals surface area contributed by atoms with Crippen LogP contribution in [-0.4, -0.2) is 19.3 Å². The number of nitrogens with zero attached hydrogens (tertiary/aromatic N) is 1. The van der Waals surface area contributed by atoms with Gasteiger partial charge in [0, 0.05) is 36.8 Å². The molecule has 1 saturated heterocycles. The molecule has 0 bridgehead atoms. The van der Waals surface area contributed by atoms with E-state index in [1.807, 2.05) is 6.21 Å². The van der Waals surface area contributed by atoms with Gasteiger partial charge in [0.15, 0.2) is 0 Å². The lowest BCUT2D eigenvalue weighted by Crippen LogP contribution is -2.16. The number of nitrogens with one attached hydrogen (secondary N) is 1. The zero-order valence-electron chi connectivity index (χ0n) is 7.40. The molecule has 1 aliphatic carbocycles. The van der Waals surface area contributed by atoms with Crippen LogP contribution in [0.3, 0.4) is 0 Å². The lowest BCUT2D eigenvalue weighted by atomic mass is 9.84. The standard InChI is InChI=1S/C11H12N2/c1-2-8-4-5-12-6-9-7-13-10(3-1)11(8)9/h1-5,9,11,13H,6-7H2. The Morgan fingerprint density at radius 3 is 3.38 bits per heavy atom. The smallest absolute Gasteiger partial charge is 0.0444 e. The third-order valence-corrected chi connectivity index (χ3v) is 3.01. The Balaban J connectivity index is 2.09. The highest BCUT2D eigenvalue weighted by molar-refractivity contribution is 5.74. The first kappa shape index (κ1) is 7.13. The second kappa shape index (κ2) is 2.59. The molecule has 0 aromatic carbocycles. The van der Waals surface area contributed by atoms with E-state index in [4.69, 9.17) is 0 Å². The van der Waals surface area contributed by atoms with Gasteiger partial charge in [-0.05, 0) is 17.7 Å². The number of hydrogen-bond donors (Lipinski definition) is 1. The fourth-order valence-corrected chi connectivity index (χ4v) is 2.38. The van der Waals surface area contributed by atoms with Crippen molar-refractivity contribution in [3.8, 4) is 0 Å². The average molecular weight is 172 g/mol. The van der Waals surface area contributed by atoms with Gasteiger partial charge in [0.25, 0.3) is 0 Å². The van der Waals surface area contributed by atoms with Crippen LogP contribution in [0.15, 0.2) is 40.6 Å². The van der Waals surface area contributed by atoms with Gasteiger partial charge >= 0.3 is 0 Å². The Hall–Kier alpha value is -1.31. The number of aliphatic imine (C=N–C) groups is 1. The minimum absolute atomic E-state index is 0.590. The molecule has 3 aliphatic rings. The van der Waals surface area contributed by atoms with Crippen molar-refractivity contribution < 1.29 is 0 Å². The summed E-state index contributed by atoms with van der Waals surface area (Å²) >= 11 is 0. The predicted molar refractivity (Wildman–Crippen MR) is 53.6 cm³/mol. The monoisotopic (exact) mass is 172 g/mol. The summed E-state index contributed by atoms with van der Waals surface area (Å²) in [5.41, 5.74) is 2.79. The number of allylic oxidation sites excluding steroid dienone is 5. The average Bonchev–Trinajstić information content (AvgIpc) is 2.44. The van der Waals surface area contributed by atoms with Crippen LogP contribution in [-0.2, 0) is 0 Å². The number of rotatable bonds is 0. The lowest BCUT2D eigenvalue weighted by molar-refractivity contribution is 0.512. The first-order valence-electron chi connectivity index (χ1n) is 4.77. The quantitative estimate of drug-likeness (QED) is 0.585. The summed E-state index contributed by atoms with van der Waals surface area (Å²) in [6.45, 7) is 2.04. The van der Waals surface area contributed by atoms with Gasteiger partial charge in [-0.15, -0.1) is 0 Å². The van der Waals surface area contributed by atoms with E-state index < -0.39 is 0 Å². The summed E-state index contributed by atoms with van der Waals surface area (Å²) in [6, 6.07) is 0. The Kier molecular flexibility index (Phi) is 1.42. The molecule has 2 aliphatic heterocycles. The molecule has 0 amide bonds. The largest absolute Gasteiger partial charge is 0.387 e. The molecule has 13 heavy (non-hydrogen) atoms. The second-order valence-corrected chi connectivity index (χ2v) is 3.78. The van der Waals surface area contributed by atoms with Gasteiger partial charge in [0.1, 0.15) is 0 Å². The van der Waals surface area contributed by atoms with Crippen LogP contribution >= 0.6 is 0 Å². The van der Waals surface area contributed by atoms with Crippen molar-refractivity contribution in [2.45, 2.75) is 0 Å². The first-order chi connectivity index (χ1) is 6.45. The van der Waals surface area contributed by atoms with E-state index in [1.54, 1.807) is 0 Å². The van der Waals surface area contributed by atoms with E-state index >= 15 is 0 Å². The Morgan fingerprint density at radius 1 is 1.38 bits per heavy atom. The molecule has 0 saturated carbocycles. The zero-order chi connectivity index (χ0) is 8.67. The van der Waals surface area contributed by atoms with Crippen LogP contribution in [0.25, 0.3) is 0 Å². The van der Waals surface area contributed by atoms with Crippen LogP contribution < -0.4 is 5.32 Å². The molecule has 66 valence electrons. The third kappa shape index (κ3) is 0.981. The van der Waals surface area contributed by atoms with Gasteiger partial charge in [-0.25, -0.2) is 0 Å². The normalized spacial score (nSPS) is 34.5. The Bertz CT molecular complexity index is 347. The maximum absolute atomic E-state index is 4.37. The molecular weight excluding hydrogens is 160 g/mol. The third-order valence-electron chi connectivity index (χ3n) is 3.01. The van der Waals surface area contributed by atoms with E-state index in [-0.39, 0.29) is 0 Å². The first-order valence-corrected chi connectivity index (χ1v) is 4.77. The molecule has 2 heteroatoms. The van der Waals surface area contributed by atoms with Crippen molar-refractivity contribution >= 4 is 6.21 Å². The summed E-state index contributed by atoms with van der Waals surface area (Å²) in [5.74, 6) is 1.26. The topological polar surface area (TPSA) is 24.4 Å². The predicted octanol–water partition coefficient (Wildman–Crippen LogP) is 1.29. The van der Waals surface area contributed by atoms with Gasteiger partial charge in [-0.3, -0.25) is 4.99 Å². The number of hydrogen-bond acceptors (Lipinski definition) is 2. The van der Waals surface area contributed by atoms with Gasteiger partial charge in [-0.2, -0.15) is 0 Å². The van der Waals surface area contributed by atoms with E-state index in [1.165, 1.54) is 11.3 Å².